The van der Waals surface area contributed by atoms with E-state index in [1.54, 1.807) is 12.1 Å². The summed E-state index contributed by atoms with van der Waals surface area (Å²) in [7, 11) is -22.6. The topological polar surface area (TPSA) is 159 Å². The minimum Gasteiger partial charge on any atom is -0.544 e. The number of rotatable bonds is 27. The summed E-state index contributed by atoms with van der Waals surface area (Å²) in [5.41, 5.74) is 0.308. The Morgan fingerprint density at radius 3 is 1.11 bits per heavy atom. The van der Waals surface area contributed by atoms with E-state index in [2.05, 4.69) is 196 Å². The third-order valence-electron chi connectivity index (χ3n) is 11.8. The maximum Gasteiger partial charge on any atom is 0.242 e. The molecule has 2 aromatic carbocycles. The van der Waals surface area contributed by atoms with Gasteiger partial charge in [-0.2, -0.15) is 0 Å². The van der Waals surface area contributed by atoms with Crippen molar-refractivity contribution in [1.29, 1.82) is 0 Å². The van der Waals surface area contributed by atoms with Crippen LogP contribution in [0.4, 0.5) is 0 Å². The largest absolute Gasteiger partial charge is 0.544 e. The first kappa shape index (κ1) is 72.4. The van der Waals surface area contributed by atoms with E-state index in [0.29, 0.717) is 17.1 Å². The zero-order valence-electron chi connectivity index (χ0n) is 56.7. The van der Waals surface area contributed by atoms with Crippen molar-refractivity contribution >= 4 is 94.1 Å². The van der Waals surface area contributed by atoms with Crippen molar-refractivity contribution in [2.24, 2.45) is 0 Å². The Morgan fingerprint density at radius 2 is 0.747 bits per heavy atom. The molecule has 0 N–H and O–H groups in total. The molecule has 3 aromatic rings. The lowest BCUT2D eigenvalue weighted by atomic mass is 9.99. The van der Waals surface area contributed by atoms with Gasteiger partial charge in [0, 0.05) is 17.7 Å². The van der Waals surface area contributed by atoms with Crippen LogP contribution in [0.25, 0.3) is 22.3 Å². The van der Waals surface area contributed by atoms with Gasteiger partial charge in [-0.1, -0.05) is 0 Å². The standard InChI is InChI=1S/C57H110O16Si10/c1-74(2,3)59-37-44-49(68-78(13,14)15)52(70-80(19,20)21)54(72-82(25,26)27)56(63-44)61-41-35-42-46(43(36-41)67-77(10,11)12)47(58)51(48(62-42)39-31-33-40(34-32-39)66-76(7,8)9)65-57-55(73-83(28,29)30)53(71-81(22,23)24)50(69-79(16,17)18)45(64-57)38-60-75(4,5)6/h31-36,44-45,49-50,52-57H,37-38H2,1-30H3. The molecule has 2 aliphatic heterocycles. The van der Waals surface area contributed by atoms with E-state index in [9.17, 15) is 0 Å². The van der Waals surface area contributed by atoms with Crippen molar-refractivity contribution in [2.75, 3.05) is 13.2 Å². The van der Waals surface area contributed by atoms with Crippen LogP contribution in [0.1, 0.15) is 0 Å². The number of ether oxygens (including phenoxy) is 4. The van der Waals surface area contributed by atoms with E-state index in [-0.39, 0.29) is 41.4 Å². The minimum atomic E-state index is -2.52. The second-order valence-corrected chi connectivity index (χ2v) is 76.8. The van der Waals surface area contributed by atoms with Crippen LogP contribution in [-0.2, 0) is 44.9 Å². The van der Waals surface area contributed by atoms with Gasteiger partial charge in [0.05, 0.1) is 13.2 Å². The van der Waals surface area contributed by atoms with Gasteiger partial charge in [-0.15, -0.1) is 0 Å². The highest BCUT2D eigenvalue weighted by Gasteiger charge is 2.55. The van der Waals surface area contributed by atoms with Crippen LogP contribution in [0.2, 0.25) is 196 Å². The molecule has 26 heteroatoms. The second-order valence-electron chi connectivity index (χ2n) is 32.2. The summed E-state index contributed by atoms with van der Waals surface area (Å²) in [5.74, 6) is 1.40. The molecule has 474 valence electrons. The molecular weight excluding hydrogens is 1220 g/mol. The maximum atomic E-state index is 16.1. The summed E-state index contributed by atoms with van der Waals surface area (Å²) in [6, 6.07) is 11.1. The van der Waals surface area contributed by atoms with E-state index in [1.165, 1.54) is 0 Å². The molecule has 2 saturated heterocycles. The summed E-state index contributed by atoms with van der Waals surface area (Å²) in [5, 5.41) is 0.175. The Balaban J connectivity index is 1.85. The molecule has 10 atom stereocenters. The molecule has 5 rings (SSSR count). The predicted octanol–water partition coefficient (Wildman–Crippen LogP) is 15.1. The van der Waals surface area contributed by atoms with Crippen molar-refractivity contribution in [3.63, 3.8) is 0 Å². The lowest BCUT2D eigenvalue weighted by Crippen LogP contribution is -2.67. The van der Waals surface area contributed by atoms with Crippen LogP contribution in [0.15, 0.2) is 45.6 Å². The smallest absolute Gasteiger partial charge is 0.242 e. The van der Waals surface area contributed by atoms with Gasteiger partial charge in [-0.25, -0.2) is 0 Å². The van der Waals surface area contributed by atoms with Crippen molar-refractivity contribution in [3.05, 3.63) is 46.6 Å². The number of fused-ring (bicyclic) bond motifs is 1. The quantitative estimate of drug-likeness (QED) is 0.0663. The molecular formula is C57H110O16Si10. The molecule has 1 aromatic heterocycles. The molecule has 0 saturated carbocycles. The van der Waals surface area contributed by atoms with Crippen LogP contribution in [0.3, 0.4) is 0 Å². The minimum absolute atomic E-state index is 0.0787. The van der Waals surface area contributed by atoms with E-state index in [4.69, 9.17) is 67.6 Å². The fraction of sp³-hybridized carbons (Fsp3) is 0.737. The lowest BCUT2D eigenvalue weighted by Gasteiger charge is -2.50. The van der Waals surface area contributed by atoms with Crippen LogP contribution >= 0.6 is 0 Å². The number of hydrogen-bond donors (Lipinski definition) is 0. The summed E-state index contributed by atoms with van der Waals surface area (Å²) >= 11 is 0. The van der Waals surface area contributed by atoms with E-state index in [0.717, 1.165) is 0 Å². The van der Waals surface area contributed by atoms with Gasteiger partial charge in [0.25, 0.3) is 0 Å². The first-order valence-electron chi connectivity index (χ1n) is 29.8. The average Bonchev–Trinajstić information content (AvgIpc) is 1.29. The van der Waals surface area contributed by atoms with Crippen molar-refractivity contribution < 1.29 is 67.6 Å². The van der Waals surface area contributed by atoms with Gasteiger partial charge in [-0.3, -0.25) is 4.79 Å². The van der Waals surface area contributed by atoms with Crippen LogP contribution in [-0.4, -0.2) is 158 Å². The Hall–Kier alpha value is -1.38. The van der Waals surface area contributed by atoms with E-state index >= 15 is 4.79 Å². The fourth-order valence-electron chi connectivity index (χ4n) is 9.43. The molecule has 10 unspecified atom stereocenters. The maximum absolute atomic E-state index is 16.1. The van der Waals surface area contributed by atoms with Gasteiger partial charge >= 0.3 is 0 Å². The normalized spacial score (nSPS) is 24.9. The summed E-state index contributed by atoms with van der Waals surface area (Å²) in [4.78, 5) is 16.1. The molecule has 2 aliphatic rings. The molecule has 2 fully saturated rings. The van der Waals surface area contributed by atoms with Gasteiger partial charge < -0.3 is 67.6 Å². The molecule has 0 amide bonds. The van der Waals surface area contributed by atoms with E-state index < -0.39 is 150 Å². The van der Waals surface area contributed by atoms with Gasteiger partial charge in [0.15, 0.2) is 72.3 Å². The fourth-order valence-corrected chi connectivity index (χ4v) is 18.9. The summed E-state index contributed by atoms with van der Waals surface area (Å²) < 4.78 is 106. The predicted molar refractivity (Wildman–Crippen MR) is 362 cm³/mol. The third-order valence-corrected chi connectivity index (χ3v) is 21.4. The van der Waals surface area contributed by atoms with E-state index in [1.807, 2.05) is 24.3 Å². The van der Waals surface area contributed by atoms with Crippen LogP contribution < -0.4 is 23.8 Å². The Bertz CT molecular complexity index is 2660. The van der Waals surface area contributed by atoms with Crippen LogP contribution in [0.5, 0.6) is 23.0 Å². The summed E-state index contributed by atoms with van der Waals surface area (Å²) in [6.45, 7) is 64.9. The highest BCUT2D eigenvalue weighted by molar-refractivity contribution is 6.73. The van der Waals surface area contributed by atoms with Crippen molar-refractivity contribution in [2.45, 2.75) is 258 Å². The molecule has 0 spiro atoms. The molecule has 0 aliphatic carbocycles. The number of benzene rings is 2. The van der Waals surface area contributed by atoms with Gasteiger partial charge in [-0.05, 0) is 221 Å². The molecule has 83 heavy (non-hydrogen) atoms. The SMILES string of the molecule is C[Si](C)(C)OCC1OC(Oc2cc(O[Si](C)(C)C)c3c(=O)c(OC4OC(CO[Si](C)(C)C)C(O[Si](C)(C)C)C(O[Si](C)(C)C)C4O[Si](C)(C)C)c(-c4ccc(O[Si](C)(C)C)cc4)oc3c2)C(O[Si](C)(C)C)C(O[Si](C)(C)C)C1O[Si](C)(C)C. The third kappa shape index (κ3) is 23.8. The average molecular weight is 1330 g/mol. The summed E-state index contributed by atoms with van der Waals surface area (Å²) in [6.07, 6.45) is -7.20. The first-order valence-corrected chi connectivity index (χ1v) is 63.9. The van der Waals surface area contributed by atoms with Crippen molar-refractivity contribution in [1.82, 2.24) is 0 Å². The molecule has 16 nitrogen and oxygen atoms in total. The number of hydrogen-bond acceptors (Lipinski definition) is 16. The highest BCUT2D eigenvalue weighted by Crippen LogP contribution is 2.43. The Labute approximate surface area is 510 Å². The zero-order chi connectivity index (χ0) is 63.2. The van der Waals surface area contributed by atoms with Gasteiger partial charge in [0.1, 0.15) is 77.0 Å². The highest BCUT2D eigenvalue weighted by atomic mass is 28.4. The van der Waals surface area contributed by atoms with Crippen molar-refractivity contribution in [3.8, 4) is 34.3 Å². The monoisotopic (exact) mass is 1330 g/mol. The molecule has 0 radical (unpaired) electrons. The Kier molecular flexibility index (Phi) is 23.2. The lowest BCUT2D eigenvalue weighted by molar-refractivity contribution is -0.265. The molecule has 3 heterocycles. The zero-order valence-corrected chi connectivity index (χ0v) is 66.7. The Morgan fingerprint density at radius 1 is 0.386 bits per heavy atom. The van der Waals surface area contributed by atoms with Gasteiger partial charge in [0.2, 0.25) is 40.4 Å². The van der Waals surface area contributed by atoms with Crippen LogP contribution in [0, 0.1) is 0 Å². The second kappa shape index (κ2) is 26.6. The molecule has 0 bridgehead atoms. The first-order chi connectivity index (χ1) is 37.2.